The van der Waals surface area contributed by atoms with Gasteiger partial charge in [0.25, 0.3) is 0 Å². The summed E-state index contributed by atoms with van der Waals surface area (Å²) in [6.45, 7) is 3.41. The standard InChI is InChI=1S/C23H27FN4O3S/c1-15-13-28-22(32-15)25-21(29)27(23(28)30)10-4-9-26-17-7-8-18(26)12-19(11-17)31-14-16-5-2-3-6-20(16)24/h2-3,5-6,13,17-19H,4,7-12,14H2,1H3. The zero-order chi connectivity index (χ0) is 22.2. The van der Waals surface area contributed by atoms with Crippen LogP contribution in [0.4, 0.5) is 4.39 Å². The molecule has 2 aliphatic heterocycles. The van der Waals surface area contributed by atoms with Crippen LogP contribution in [-0.4, -0.2) is 43.6 Å². The number of thiazole rings is 1. The number of ether oxygens (including phenoxy) is 1. The molecule has 5 rings (SSSR count). The summed E-state index contributed by atoms with van der Waals surface area (Å²) in [4.78, 5) is 33.0. The van der Waals surface area contributed by atoms with Gasteiger partial charge in [-0.25, -0.2) is 22.9 Å². The third kappa shape index (κ3) is 4.16. The maximum absolute atomic E-state index is 13.9. The quantitative estimate of drug-likeness (QED) is 0.545. The van der Waals surface area contributed by atoms with Crippen molar-refractivity contribution in [1.29, 1.82) is 0 Å². The van der Waals surface area contributed by atoms with Gasteiger partial charge >= 0.3 is 11.4 Å². The summed E-state index contributed by atoms with van der Waals surface area (Å²) < 4.78 is 22.6. The first kappa shape index (κ1) is 21.5. The van der Waals surface area contributed by atoms with Gasteiger partial charge in [-0.15, -0.1) is 11.3 Å². The summed E-state index contributed by atoms with van der Waals surface area (Å²) in [7, 11) is 0. The van der Waals surface area contributed by atoms with E-state index in [-0.39, 0.29) is 17.6 Å². The monoisotopic (exact) mass is 458 g/mol. The fourth-order valence-corrected chi connectivity index (χ4v) is 5.97. The maximum atomic E-state index is 13.9. The summed E-state index contributed by atoms with van der Waals surface area (Å²) >= 11 is 1.35. The predicted molar refractivity (Wildman–Crippen MR) is 121 cm³/mol. The van der Waals surface area contributed by atoms with Crippen molar-refractivity contribution >= 4 is 16.3 Å². The molecular weight excluding hydrogens is 431 g/mol. The Bertz CT molecular complexity index is 1220. The topological polar surface area (TPSA) is 68.8 Å². The van der Waals surface area contributed by atoms with Crippen molar-refractivity contribution in [3.05, 3.63) is 67.7 Å². The van der Waals surface area contributed by atoms with Gasteiger partial charge in [-0.05, 0) is 45.1 Å². The van der Waals surface area contributed by atoms with Crippen LogP contribution in [0.5, 0.6) is 0 Å². The van der Waals surface area contributed by atoms with Crippen LogP contribution in [0, 0.1) is 12.7 Å². The van der Waals surface area contributed by atoms with Crippen molar-refractivity contribution < 1.29 is 9.13 Å². The van der Waals surface area contributed by atoms with Crippen LogP contribution in [0.1, 0.15) is 42.5 Å². The molecule has 170 valence electrons. The molecule has 1 aromatic carbocycles. The van der Waals surface area contributed by atoms with Gasteiger partial charge in [0.05, 0.1) is 12.7 Å². The highest BCUT2D eigenvalue weighted by molar-refractivity contribution is 7.16. The summed E-state index contributed by atoms with van der Waals surface area (Å²) in [5, 5.41) is 0. The van der Waals surface area contributed by atoms with Crippen LogP contribution in [0.25, 0.3) is 4.96 Å². The number of rotatable bonds is 7. The second-order valence-electron chi connectivity index (χ2n) is 8.80. The molecule has 0 aliphatic carbocycles. The van der Waals surface area contributed by atoms with Crippen molar-refractivity contribution in [3.63, 3.8) is 0 Å². The molecule has 0 spiro atoms. The van der Waals surface area contributed by atoms with E-state index < -0.39 is 5.69 Å². The molecule has 7 nitrogen and oxygen atoms in total. The number of aryl methyl sites for hydroxylation is 1. The Hall–Kier alpha value is -2.36. The van der Waals surface area contributed by atoms with Gasteiger partial charge in [0.15, 0.2) is 0 Å². The minimum Gasteiger partial charge on any atom is -0.373 e. The molecule has 2 saturated heterocycles. The Kier molecular flexibility index (Phi) is 5.96. The minimum absolute atomic E-state index is 0.143. The molecule has 3 aromatic rings. The fraction of sp³-hybridized carbons (Fsp3) is 0.522. The maximum Gasteiger partial charge on any atom is 0.354 e. The molecule has 0 saturated carbocycles. The van der Waals surface area contributed by atoms with E-state index in [1.165, 1.54) is 26.4 Å². The lowest BCUT2D eigenvalue weighted by Gasteiger charge is -2.38. The summed E-state index contributed by atoms with van der Waals surface area (Å²) in [6, 6.07) is 7.64. The molecular formula is C23H27FN4O3S. The van der Waals surface area contributed by atoms with Crippen LogP contribution in [0.2, 0.25) is 0 Å². The number of nitrogens with zero attached hydrogens (tertiary/aromatic N) is 4. The zero-order valence-corrected chi connectivity index (χ0v) is 18.9. The van der Waals surface area contributed by atoms with Crippen LogP contribution in [0.15, 0.2) is 40.1 Å². The van der Waals surface area contributed by atoms with E-state index in [0.29, 0.717) is 35.8 Å². The summed E-state index contributed by atoms with van der Waals surface area (Å²) in [5.74, 6) is -0.218. The average molecular weight is 459 g/mol. The Labute approximate surface area is 189 Å². The molecule has 0 amide bonds. The van der Waals surface area contributed by atoms with Crippen molar-refractivity contribution in [2.24, 2.45) is 0 Å². The summed E-state index contributed by atoms with van der Waals surface area (Å²) in [6.07, 6.45) is 6.74. The predicted octanol–water partition coefficient (Wildman–Crippen LogP) is 2.97. The van der Waals surface area contributed by atoms with Crippen LogP contribution in [0.3, 0.4) is 0 Å². The zero-order valence-electron chi connectivity index (χ0n) is 18.1. The first-order valence-electron chi connectivity index (χ1n) is 11.2. The van der Waals surface area contributed by atoms with E-state index in [1.54, 1.807) is 18.3 Å². The van der Waals surface area contributed by atoms with Gasteiger partial charge < -0.3 is 4.74 Å². The van der Waals surface area contributed by atoms with E-state index in [9.17, 15) is 14.0 Å². The van der Waals surface area contributed by atoms with Crippen molar-refractivity contribution in [2.75, 3.05) is 6.54 Å². The van der Waals surface area contributed by atoms with Crippen molar-refractivity contribution in [1.82, 2.24) is 18.9 Å². The first-order chi connectivity index (χ1) is 15.5. The van der Waals surface area contributed by atoms with Crippen LogP contribution < -0.4 is 11.4 Å². The van der Waals surface area contributed by atoms with E-state index in [4.69, 9.17) is 4.74 Å². The normalized spacial score (nSPS) is 23.2. The molecule has 2 bridgehead atoms. The van der Waals surface area contributed by atoms with Crippen LogP contribution >= 0.6 is 11.3 Å². The van der Waals surface area contributed by atoms with E-state index in [2.05, 4.69) is 9.88 Å². The number of halogens is 1. The second-order valence-corrected chi connectivity index (χ2v) is 10.0. The van der Waals surface area contributed by atoms with E-state index in [1.807, 2.05) is 13.0 Å². The molecule has 0 N–H and O–H groups in total. The SMILES string of the molecule is Cc1cn2c(=O)n(CCCN3C4CCC3CC(OCc3ccccc3F)C4)c(=O)nc2s1. The molecule has 9 heteroatoms. The highest BCUT2D eigenvalue weighted by atomic mass is 32.1. The lowest BCUT2D eigenvalue weighted by atomic mass is 9.99. The number of hydrogen-bond acceptors (Lipinski definition) is 6. The number of benzene rings is 1. The molecule has 2 aromatic heterocycles. The molecule has 2 aliphatic rings. The molecule has 4 heterocycles. The number of fused-ring (bicyclic) bond motifs is 3. The molecule has 2 fully saturated rings. The van der Waals surface area contributed by atoms with Crippen molar-refractivity contribution in [3.8, 4) is 0 Å². The fourth-order valence-electron chi connectivity index (χ4n) is 5.18. The second kappa shape index (κ2) is 8.88. The highest BCUT2D eigenvalue weighted by Gasteiger charge is 2.40. The summed E-state index contributed by atoms with van der Waals surface area (Å²) in [5.41, 5.74) is -0.182. The van der Waals surface area contributed by atoms with Gasteiger partial charge in [0.2, 0.25) is 4.96 Å². The van der Waals surface area contributed by atoms with Crippen LogP contribution in [-0.2, 0) is 17.9 Å². The Morgan fingerprint density at radius 3 is 2.66 bits per heavy atom. The van der Waals surface area contributed by atoms with Gasteiger partial charge in [-0.1, -0.05) is 18.2 Å². The lowest BCUT2D eigenvalue weighted by Crippen LogP contribution is -2.46. The van der Waals surface area contributed by atoms with E-state index in [0.717, 1.165) is 43.5 Å². The number of aromatic nitrogens is 3. The van der Waals surface area contributed by atoms with Gasteiger partial charge in [0, 0.05) is 41.8 Å². The lowest BCUT2D eigenvalue weighted by molar-refractivity contribution is -0.0293. The molecule has 2 unspecified atom stereocenters. The third-order valence-electron chi connectivity index (χ3n) is 6.70. The molecule has 0 radical (unpaired) electrons. The average Bonchev–Trinajstić information content (AvgIpc) is 3.24. The largest absolute Gasteiger partial charge is 0.373 e. The van der Waals surface area contributed by atoms with Crippen molar-refractivity contribution in [2.45, 2.75) is 70.4 Å². The number of piperidine rings is 1. The third-order valence-corrected chi connectivity index (χ3v) is 7.60. The first-order valence-corrected chi connectivity index (χ1v) is 12.0. The number of hydrogen-bond donors (Lipinski definition) is 0. The Morgan fingerprint density at radius 2 is 1.91 bits per heavy atom. The Morgan fingerprint density at radius 1 is 1.16 bits per heavy atom. The van der Waals surface area contributed by atoms with Gasteiger partial charge in [0.1, 0.15) is 5.82 Å². The van der Waals surface area contributed by atoms with Gasteiger partial charge in [-0.2, -0.15) is 4.98 Å². The smallest absolute Gasteiger partial charge is 0.354 e. The highest BCUT2D eigenvalue weighted by Crippen LogP contribution is 2.37. The Balaban J connectivity index is 1.18. The minimum atomic E-state index is -0.472. The van der Waals surface area contributed by atoms with Gasteiger partial charge in [-0.3, -0.25) is 4.90 Å². The van der Waals surface area contributed by atoms with E-state index >= 15 is 0 Å². The molecule has 2 atom stereocenters. The molecule has 32 heavy (non-hydrogen) atoms.